The Morgan fingerprint density at radius 3 is 2.85 bits per heavy atom. The van der Waals surface area contributed by atoms with Crippen molar-refractivity contribution in [1.82, 2.24) is 4.90 Å². The van der Waals surface area contributed by atoms with E-state index in [4.69, 9.17) is 0 Å². The zero-order valence-corrected chi connectivity index (χ0v) is 11.1. The Labute approximate surface area is 78.7 Å². The van der Waals surface area contributed by atoms with Gasteiger partial charge in [0.05, 0.1) is 0 Å². The quantitative estimate of drug-likeness (QED) is 0.618. The minimum Gasteiger partial charge on any atom is -0.493 e. The van der Waals surface area contributed by atoms with E-state index in [1.807, 2.05) is 24.6 Å². The molecule has 84 valence electrons. The molecule has 0 N–H and O–H groups in total. The summed E-state index contributed by atoms with van der Waals surface area (Å²) >= 11 is 1.74. The fourth-order valence-corrected chi connectivity index (χ4v) is 2.05. The summed E-state index contributed by atoms with van der Waals surface area (Å²) in [6.45, 7) is 4.96. The number of thioether (sulfide) groups is 1. The van der Waals surface area contributed by atoms with Crippen LogP contribution in [0.2, 0.25) is 0 Å². The molecule has 4 heteroatoms. The van der Waals surface area contributed by atoms with Crippen molar-refractivity contribution in [3.63, 3.8) is 0 Å². The Kier molecular flexibility index (Phi) is 4.97. The molecule has 1 aliphatic rings. The number of carbonyl (C=O) groups excluding carboxylic acids is 1. The molecule has 1 saturated heterocycles. The molecule has 13 heavy (non-hydrogen) atoms. The third-order valence-corrected chi connectivity index (χ3v) is 2.91. The van der Waals surface area contributed by atoms with Gasteiger partial charge in [0.2, 0.25) is 0 Å². The van der Waals surface area contributed by atoms with Crippen molar-refractivity contribution in [1.29, 1.82) is 0 Å². The van der Waals surface area contributed by atoms with E-state index in [1.54, 1.807) is 11.8 Å². The van der Waals surface area contributed by atoms with Gasteiger partial charge in [-0.15, -0.1) is 0 Å². The predicted octanol–water partition coefficient (Wildman–Crippen LogP) is 1.77. The predicted molar refractivity (Wildman–Crippen MR) is 52.8 cm³/mol. The standard InChI is InChI=1S/C9H16NOS.No/c1-8(7-12-2)9(11)10-5-3-4-6-10;/h5,8H,3-4,6-7H2,1-2H3;/q-1;. The van der Waals surface area contributed by atoms with Crippen LogP contribution in [-0.2, 0) is 4.79 Å². The fourth-order valence-electron chi connectivity index (χ4n) is 1.40. The average molecular weight is 445 g/mol. The van der Waals surface area contributed by atoms with Crippen molar-refractivity contribution >= 4 is 17.7 Å². The van der Waals surface area contributed by atoms with Gasteiger partial charge in [-0.05, 0) is 12.8 Å². The van der Waals surface area contributed by atoms with E-state index >= 15 is 0 Å². The van der Waals surface area contributed by atoms with Gasteiger partial charge in [0.15, 0.2) is 5.91 Å². The van der Waals surface area contributed by atoms with Crippen LogP contribution < -0.4 is 0 Å². The molecule has 0 saturated carbocycles. The molecule has 1 amide bonds. The first-order valence-corrected chi connectivity index (χ1v) is 5.78. The first kappa shape index (κ1) is 11.8. The SMILES string of the molecule is CSCC(C)C(=O)N1[CH-]CCC1.[No]. The van der Waals surface area contributed by atoms with Crippen LogP contribution in [0.15, 0.2) is 0 Å². The zero-order chi connectivity index (χ0) is 8.97. The Balaban J connectivity index is 0.00000144. The molecule has 0 aromatic carbocycles. The molecule has 1 aliphatic heterocycles. The summed E-state index contributed by atoms with van der Waals surface area (Å²) in [6.07, 6.45) is 4.24. The van der Waals surface area contributed by atoms with Crippen LogP contribution in [0.4, 0.5) is 0 Å². The number of nitrogens with zero attached hydrogens (tertiary/aromatic N) is 1. The van der Waals surface area contributed by atoms with Crippen LogP contribution in [0.3, 0.4) is 0 Å². The average Bonchev–Trinajstić information content (AvgIpc) is 2.55. The minimum atomic E-state index is 0. The molecule has 0 radical (unpaired) electrons. The number of amides is 1. The first-order valence-electron chi connectivity index (χ1n) is 4.38. The topological polar surface area (TPSA) is 20.3 Å². The van der Waals surface area contributed by atoms with Gasteiger partial charge in [0, 0.05) is 11.7 Å². The van der Waals surface area contributed by atoms with Gasteiger partial charge in [-0.2, -0.15) is 18.2 Å². The van der Waals surface area contributed by atoms with Crippen LogP contribution in [-0.4, -0.2) is 29.4 Å². The largest absolute Gasteiger partial charge is 0.493 e. The normalized spacial score (nSPS) is 18.2. The summed E-state index contributed by atoms with van der Waals surface area (Å²) in [5, 5.41) is 0. The van der Waals surface area contributed by atoms with E-state index in [9.17, 15) is 4.79 Å². The molecule has 1 rings (SSSR count). The maximum absolute atomic E-state index is 11.6. The van der Waals surface area contributed by atoms with E-state index in [1.165, 1.54) is 0 Å². The molecule has 1 unspecified atom stereocenters. The second-order valence-electron chi connectivity index (χ2n) is 3.21. The van der Waals surface area contributed by atoms with Crippen LogP contribution >= 0.6 is 11.8 Å². The number of hydrogen-bond donors (Lipinski definition) is 0. The van der Waals surface area contributed by atoms with Gasteiger partial charge >= 0.3 is 0 Å². The van der Waals surface area contributed by atoms with Crippen molar-refractivity contribution in [2.75, 3.05) is 18.6 Å². The summed E-state index contributed by atoms with van der Waals surface area (Å²) < 4.78 is 0. The summed E-state index contributed by atoms with van der Waals surface area (Å²) in [5.74, 6) is 1.40. The van der Waals surface area contributed by atoms with Crippen LogP contribution in [0.5, 0.6) is 0 Å². The molecular formula is C9H16NNoOS-. The van der Waals surface area contributed by atoms with Crippen LogP contribution in [0, 0.1) is 12.5 Å². The molecule has 0 aromatic heterocycles. The number of hydrogen-bond acceptors (Lipinski definition) is 2. The van der Waals surface area contributed by atoms with E-state index < -0.39 is 0 Å². The maximum atomic E-state index is 11.6. The third-order valence-electron chi connectivity index (χ3n) is 2.07. The van der Waals surface area contributed by atoms with E-state index in [0.29, 0.717) is 5.91 Å². The molecule has 0 aliphatic carbocycles. The molecule has 1 fully saturated rings. The van der Waals surface area contributed by atoms with Crippen molar-refractivity contribution in [2.24, 2.45) is 5.92 Å². The Morgan fingerprint density at radius 1 is 1.69 bits per heavy atom. The molecule has 2 nitrogen and oxygen atoms in total. The monoisotopic (exact) mass is 445 g/mol. The maximum Gasteiger partial charge on any atom is 0.197 e. The first-order chi connectivity index (χ1) is 5.75. The Morgan fingerprint density at radius 2 is 2.38 bits per heavy atom. The minimum absolute atomic E-state index is 0. The van der Waals surface area contributed by atoms with E-state index in [2.05, 4.69) is 0 Å². The third kappa shape index (κ3) is 2.98. The van der Waals surface area contributed by atoms with Crippen LogP contribution in [0.25, 0.3) is 0 Å². The van der Waals surface area contributed by atoms with Gasteiger partial charge in [0.25, 0.3) is 0 Å². The van der Waals surface area contributed by atoms with Crippen molar-refractivity contribution < 1.29 is 4.79 Å². The summed E-state index contributed by atoms with van der Waals surface area (Å²) in [4.78, 5) is 13.5. The molecule has 1 atom stereocenters. The number of carbonyl (C=O) groups is 1. The van der Waals surface area contributed by atoms with Gasteiger partial charge in [0.1, 0.15) is 0 Å². The van der Waals surface area contributed by atoms with Crippen LogP contribution in [0.1, 0.15) is 19.8 Å². The second kappa shape index (κ2) is 5.46. The zero-order valence-electron chi connectivity index (χ0n) is 8.01. The number of likely N-dealkylation sites (tertiary alicyclic amines) is 1. The molecule has 0 spiro atoms. The van der Waals surface area contributed by atoms with Gasteiger partial charge < -0.3 is 4.90 Å². The molecule has 1 heterocycles. The van der Waals surface area contributed by atoms with Gasteiger partial charge in [-0.3, -0.25) is 4.79 Å². The number of rotatable bonds is 3. The van der Waals surface area contributed by atoms with Crippen molar-refractivity contribution in [3.8, 4) is 0 Å². The van der Waals surface area contributed by atoms with E-state index in [-0.39, 0.29) is 5.92 Å². The van der Waals surface area contributed by atoms with Crippen molar-refractivity contribution in [3.05, 3.63) is 6.54 Å². The summed E-state index contributed by atoms with van der Waals surface area (Å²) in [5.41, 5.74) is 0. The second-order valence-corrected chi connectivity index (χ2v) is 4.12. The van der Waals surface area contributed by atoms with Crippen molar-refractivity contribution in [2.45, 2.75) is 19.8 Å². The Hall–Kier alpha value is -1.18. The summed E-state index contributed by atoms with van der Waals surface area (Å²) in [6, 6.07) is 0. The smallest absolute Gasteiger partial charge is 0.197 e. The van der Waals surface area contributed by atoms with Gasteiger partial charge in [-0.25, -0.2) is 6.54 Å². The molecule has 0 aromatic rings. The molecular weight excluding hydrogens is 429 g/mol. The summed E-state index contributed by atoms with van der Waals surface area (Å²) in [7, 11) is 0. The van der Waals surface area contributed by atoms with E-state index in [0.717, 1.165) is 25.1 Å². The fraction of sp³-hybridized carbons (Fsp3) is 0.778. The molecule has 0 bridgehead atoms. The Bertz CT molecular complexity index is 160. The van der Waals surface area contributed by atoms with Gasteiger partial charge in [-0.1, -0.05) is 13.3 Å².